The van der Waals surface area contributed by atoms with Gasteiger partial charge in [-0.1, -0.05) is 19.3 Å². The Balaban J connectivity index is 1.30. The molecular weight excluding hydrogens is 602 g/mol. The number of carboxylic acid groups (broad SMARTS) is 1. The predicted molar refractivity (Wildman–Crippen MR) is 165 cm³/mol. The van der Waals surface area contributed by atoms with Crippen molar-refractivity contribution in [3.05, 3.63) is 87.7 Å². The number of benzene rings is 3. The second-order valence-corrected chi connectivity index (χ2v) is 11.9. The van der Waals surface area contributed by atoms with E-state index >= 15 is 4.39 Å². The van der Waals surface area contributed by atoms with E-state index < -0.39 is 23.5 Å². The molecule has 0 bridgehead atoms. The molecule has 0 unspecified atom stereocenters. The number of carbonyl (C=O) groups is 2. The van der Waals surface area contributed by atoms with Crippen molar-refractivity contribution in [1.29, 1.82) is 0 Å². The summed E-state index contributed by atoms with van der Waals surface area (Å²) < 4.78 is 37.4. The van der Waals surface area contributed by atoms with Crippen molar-refractivity contribution in [1.82, 2.24) is 19.9 Å². The highest BCUT2D eigenvalue weighted by molar-refractivity contribution is 7.14. The summed E-state index contributed by atoms with van der Waals surface area (Å²) in [5, 5.41) is 21.3. The fourth-order valence-electron chi connectivity index (χ4n) is 5.67. The largest absolute Gasteiger partial charge is 0.488 e. The smallest absolute Gasteiger partial charge is 0.335 e. The van der Waals surface area contributed by atoms with Gasteiger partial charge in [-0.3, -0.25) is 4.79 Å². The van der Waals surface area contributed by atoms with Gasteiger partial charge in [-0.15, -0.1) is 11.3 Å². The van der Waals surface area contributed by atoms with E-state index in [4.69, 9.17) is 14.8 Å². The lowest BCUT2D eigenvalue weighted by Crippen LogP contribution is -2.26. The van der Waals surface area contributed by atoms with E-state index in [9.17, 15) is 19.1 Å². The molecule has 1 aliphatic rings. The summed E-state index contributed by atoms with van der Waals surface area (Å²) in [4.78, 5) is 33.9. The number of halogens is 2. The minimum absolute atomic E-state index is 0.0327. The average molecular weight is 633 g/mol. The van der Waals surface area contributed by atoms with Crippen molar-refractivity contribution >= 4 is 34.2 Å². The number of nitrogens with one attached hydrogen (secondary N) is 1. The van der Waals surface area contributed by atoms with E-state index in [1.165, 1.54) is 24.3 Å². The second kappa shape index (κ2) is 13.1. The number of aromatic carboxylic acids is 1. The highest BCUT2D eigenvalue weighted by atomic mass is 32.1. The number of carboxylic acids is 1. The molecule has 1 aliphatic carbocycles. The molecule has 3 aromatic carbocycles. The van der Waals surface area contributed by atoms with Crippen LogP contribution < -0.4 is 10.1 Å². The molecule has 0 radical (unpaired) electrons. The maximum absolute atomic E-state index is 15.8. The first kappa shape index (κ1) is 30.4. The third kappa shape index (κ3) is 6.43. The summed E-state index contributed by atoms with van der Waals surface area (Å²) in [6, 6.07) is 15.1. The zero-order valence-electron chi connectivity index (χ0n) is 24.1. The van der Waals surface area contributed by atoms with Gasteiger partial charge in [0.1, 0.15) is 29.8 Å². The van der Waals surface area contributed by atoms with E-state index in [2.05, 4.69) is 10.3 Å². The predicted octanol–water partition coefficient (Wildman–Crippen LogP) is 6.61. The van der Waals surface area contributed by atoms with Gasteiger partial charge in [-0.2, -0.15) is 0 Å². The molecule has 0 aliphatic heterocycles. The first-order valence-electron chi connectivity index (χ1n) is 14.6. The van der Waals surface area contributed by atoms with Gasteiger partial charge in [0.15, 0.2) is 5.01 Å². The normalized spacial score (nSPS) is 13.7. The maximum Gasteiger partial charge on any atom is 0.335 e. The van der Waals surface area contributed by atoms with Crippen molar-refractivity contribution < 1.29 is 33.3 Å². The molecule has 5 aromatic rings. The van der Waals surface area contributed by atoms with Gasteiger partial charge in [0.2, 0.25) is 0 Å². The van der Waals surface area contributed by atoms with Gasteiger partial charge in [0.25, 0.3) is 5.91 Å². The number of amides is 1. The Labute approximate surface area is 261 Å². The van der Waals surface area contributed by atoms with Crippen molar-refractivity contribution in [2.45, 2.75) is 44.8 Å². The number of rotatable bonds is 10. The zero-order valence-corrected chi connectivity index (χ0v) is 24.9. The number of aliphatic hydroxyl groups is 1. The summed E-state index contributed by atoms with van der Waals surface area (Å²) in [7, 11) is 0. The Morgan fingerprint density at radius 1 is 1.00 bits per heavy atom. The SMILES string of the molecule is O=C(O)c1ccc2c(c1)nc(-c1ccc(OCc3sc(C(=O)NCCO)nc3-c3ccc(F)cc3)cc1F)n2C1CCCCC1. The maximum atomic E-state index is 15.8. The van der Waals surface area contributed by atoms with Crippen LogP contribution in [0.3, 0.4) is 0 Å². The fourth-order valence-corrected chi connectivity index (χ4v) is 6.58. The van der Waals surface area contributed by atoms with Gasteiger partial charge in [-0.25, -0.2) is 23.5 Å². The number of hydrogen-bond donors (Lipinski definition) is 3. The lowest BCUT2D eigenvalue weighted by molar-refractivity contribution is 0.0696. The molecule has 45 heavy (non-hydrogen) atoms. The van der Waals surface area contributed by atoms with Gasteiger partial charge in [-0.05, 0) is 67.4 Å². The van der Waals surface area contributed by atoms with Gasteiger partial charge < -0.3 is 24.8 Å². The Hall–Kier alpha value is -4.68. The average Bonchev–Trinajstić information content (AvgIpc) is 3.65. The number of imidazole rings is 1. The first-order chi connectivity index (χ1) is 21.8. The van der Waals surface area contributed by atoms with Crippen LogP contribution in [0.1, 0.15) is 63.2 Å². The van der Waals surface area contributed by atoms with Gasteiger partial charge >= 0.3 is 5.97 Å². The summed E-state index contributed by atoms with van der Waals surface area (Å²) >= 11 is 1.09. The third-order valence-electron chi connectivity index (χ3n) is 7.83. The molecule has 0 saturated heterocycles. The monoisotopic (exact) mass is 632 g/mol. The number of ether oxygens (including phenoxy) is 1. The van der Waals surface area contributed by atoms with Crippen LogP contribution in [-0.4, -0.2) is 49.8 Å². The Morgan fingerprint density at radius 2 is 1.78 bits per heavy atom. The molecule has 2 aromatic heterocycles. The second-order valence-electron chi connectivity index (χ2n) is 10.8. The van der Waals surface area contributed by atoms with E-state index in [1.54, 1.807) is 36.4 Å². The molecule has 6 rings (SSSR count). The van der Waals surface area contributed by atoms with E-state index in [1.807, 2.05) is 4.57 Å². The Bertz CT molecular complexity index is 1870. The molecule has 1 amide bonds. The van der Waals surface area contributed by atoms with Crippen molar-refractivity contribution in [3.63, 3.8) is 0 Å². The van der Waals surface area contributed by atoms with Gasteiger partial charge in [0, 0.05) is 24.2 Å². The van der Waals surface area contributed by atoms with Crippen molar-refractivity contribution in [3.8, 4) is 28.4 Å². The molecule has 9 nitrogen and oxygen atoms in total. The van der Waals surface area contributed by atoms with Crippen LogP contribution in [-0.2, 0) is 6.61 Å². The summed E-state index contributed by atoms with van der Waals surface area (Å²) in [5.41, 5.74) is 2.67. The highest BCUT2D eigenvalue weighted by Gasteiger charge is 2.25. The Kier molecular flexibility index (Phi) is 8.85. The van der Waals surface area contributed by atoms with Crippen LogP contribution in [0.2, 0.25) is 0 Å². The van der Waals surface area contributed by atoms with E-state index in [-0.39, 0.29) is 47.7 Å². The molecular formula is C33H30F2N4O5S. The quantitative estimate of drug-likeness (QED) is 0.158. The molecule has 0 spiro atoms. The first-order valence-corrected chi connectivity index (χ1v) is 15.5. The topological polar surface area (TPSA) is 127 Å². The molecule has 1 fully saturated rings. The van der Waals surface area contributed by atoms with Crippen LogP contribution >= 0.6 is 11.3 Å². The number of fused-ring (bicyclic) bond motifs is 1. The number of hydrogen-bond acceptors (Lipinski definition) is 7. The lowest BCUT2D eigenvalue weighted by Gasteiger charge is -2.25. The standard InChI is InChI=1S/C33H30F2N4O5S/c34-21-9-6-19(7-10-21)29-28(45-32(38-29)31(41)36-14-15-40)18-44-23-11-12-24(25(35)17-23)30-37-26-16-20(33(42)43)8-13-27(26)39(30)22-4-2-1-3-5-22/h6-13,16-17,22,40H,1-5,14-15,18H2,(H,36,41)(H,42,43). The molecule has 0 atom stereocenters. The van der Waals surface area contributed by atoms with Crippen LogP contribution in [0.5, 0.6) is 5.75 Å². The molecule has 3 N–H and O–H groups in total. The van der Waals surface area contributed by atoms with Crippen LogP contribution in [0.25, 0.3) is 33.7 Å². The fraction of sp³-hybridized carbons (Fsp3) is 0.273. The number of aromatic nitrogens is 3. The number of nitrogens with zero attached hydrogens (tertiary/aromatic N) is 3. The van der Waals surface area contributed by atoms with E-state index in [0.717, 1.165) is 49.0 Å². The zero-order chi connectivity index (χ0) is 31.5. The molecule has 2 heterocycles. The minimum atomic E-state index is -1.06. The number of carbonyl (C=O) groups excluding carboxylic acids is 1. The van der Waals surface area contributed by atoms with E-state index in [0.29, 0.717) is 27.5 Å². The van der Waals surface area contributed by atoms with Crippen molar-refractivity contribution in [2.75, 3.05) is 13.2 Å². The summed E-state index contributed by atoms with van der Waals surface area (Å²) in [5.74, 6) is -1.80. The number of aliphatic hydroxyl groups excluding tert-OH is 1. The molecule has 232 valence electrons. The lowest BCUT2D eigenvalue weighted by atomic mass is 9.94. The van der Waals surface area contributed by atoms with Gasteiger partial charge in [0.05, 0.1) is 39.3 Å². The number of thiazole rings is 1. The third-order valence-corrected chi connectivity index (χ3v) is 8.86. The molecule has 1 saturated carbocycles. The summed E-state index contributed by atoms with van der Waals surface area (Å²) in [6.07, 6.45) is 5.09. The highest BCUT2D eigenvalue weighted by Crippen LogP contribution is 2.38. The molecule has 12 heteroatoms. The Morgan fingerprint density at radius 3 is 2.49 bits per heavy atom. The van der Waals surface area contributed by atoms with Crippen molar-refractivity contribution in [2.24, 2.45) is 0 Å². The van der Waals surface area contributed by atoms with Crippen LogP contribution in [0.15, 0.2) is 60.7 Å². The van der Waals surface area contributed by atoms with Crippen LogP contribution in [0, 0.1) is 11.6 Å². The minimum Gasteiger partial charge on any atom is -0.488 e. The summed E-state index contributed by atoms with van der Waals surface area (Å²) in [6.45, 7) is -0.189. The van der Waals surface area contributed by atoms with Crippen LogP contribution in [0.4, 0.5) is 8.78 Å².